The predicted octanol–water partition coefficient (Wildman–Crippen LogP) is 5.49. The first kappa shape index (κ1) is 28.9. The summed E-state index contributed by atoms with van der Waals surface area (Å²) in [6.45, 7) is -0.830. The maximum Gasteiger partial charge on any atom is 0.433 e. The Balaban J connectivity index is 1.53. The van der Waals surface area contributed by atoms with Gasteiger partial charge in [-0.25, -0.2) is 13.4 Å². The molecule has 4 rings (SSSR count). The van der Waals surface area contributed by atoms with Crippen LogP contribution in [0.25, 0.3) is 0 Å². The van der Waals surface area contributed by atoms with Crippen molar-refractivity contribution in [2.24, 2.45) is 23.7 Å². The van der Waals surface area contributed by atoms with Gasteiger partial charge in [-0.1, -0.05) is 12.8 Å². The van der Waals surface area contributed by atoms with E-state index in [2.05, 4.69) is 15.0 Å². The predicted molar refractivity (Wildman–Crippen MR) is 126 cm³/mol. The van der Waals surface area contributed by atoms with Crippen molar-refractivity contribution in [3.63, 3.8) is 0 Å². The molecule has 214 valence electrons. The van der Waals surface area contributed by atoms with Crippen LogP contribution in [0.3, 0.4) is 0 Å². The quantitative estimate of drug-likeness (QED) is 0.376. The highest BCUT2D eigenvalue weighted by molar-refractivity contribution is 7.92. The number of aromatic nitrogens is 1. The lowest BCUT2D eigenvalue weighted by Crippen LogP contribution is -2.43. The molecule has 3 saturated carbocycles. The smallest absolute Gasteiger partial charge is 0.433 e. The number of alkyl halides is 6. The second-order valence-corrected chi connectivity index (χ2v) is 13.3. The van der Waals surface area contributed by atoms with Gasteiger partial charge in [0.15, 0.2) is 16.4 Å². The van der Waals surface area contributed by atoms with Crippen molar-refractivity contribution in [2.75, 3.05) is 18.9 Å². The van der Waals surface area contributed by atoms with Crippen LogP contribution in [0.1, 0.15) is 73.0 Å². The summed E-state index contributed by atoms with van der Waals surface area (Å²) in [6, 6.07) is 0.574. The van der Waals surface area contributed by atoms with Crippen LogP contribution in [0.2, 0.25) is 0 Å². The van der Waals surface area contributed by atoms with Gasteiger partial charge in [0.2, 0.25) is 5.88 Å². The molecular weight excluding hydrogens is 538 g/mol. The molecule has 3 aliphatic rings. The third-order valence-corrected chi connectivity index (χ3v) is 10.1. The van der Waals surface area contributed by atoms with Gasteiger partial charge in [0, 0.05) is 6.54 Å². The van der Waals surface area contributed by atoms with E-state index in [-0.39, 0.29) is 23.8 Å². The minimum absolute atomic E-state index is 0.0618. The first-order valence-corrected chi connectivity index (χ1v) is 14.6. The maximum absolute atomic E-state index is 13.2. The molecule has 1 aromatic heterocycles. The molecule has 0 spiro atoms. The molecular formula is C25H32F6N2O4S. The number of nitrogens with one attached hydrogen (secondary N) is 1. The van der Waals surface area contributed by atoms with Gasteiger partial charge in [0.05, 0.1) is 11.0 Å². The highest BCUT2D eigenvalue weighted by Crippen LogP contribution is 2.44. The molecule has 0 aromatic carbocycles. The van der Waals surface area contributed by atoms with Gasteiger partial charge in [-0.3, -0.25) is 4.79 Å². The zero-order valence-corrected chi connectivity index (χ0v) is 21.8. The minimum atomic E-state index is -4.96. The van der Waals surface area contributed by atoms with Crippen molar-refractivity contribution < 1.29 is 44.3 Å². The molecule has 0 aliphatic heterocycles. The van der Waals surface area contributed by atoms with Crippen molar-refractivity contribution in [3.8, 4) is 5.88 Å². The van der Waals surface area contributed by atoms with E-state index < -0.39 is 63.0 Å². The van der Waals surface area contributed by atoms with Gasteiger partial charge < -0.3 is 10.1 Å². The molecule has 3 aliphatic carbocycles. The summed E-state index contributed by atoms with van der Waals surface area (Å²) < 4.78 is 109. The van der Waals surface area contributed by atoms with Crippen LogP contribution in [0, 0.1) is 30.6 Å². The number of sulfone groups is 1. The van der Waals surface area contributed by atoms with Crippen molar-refractivity contribution >= 4 is 15.7 Å². The molecule has 6 nitrogen and oxygen atoms in total. The second kappa shape index (κ2) is 10.8. The molecule has 1 amide bonds. The van der Waals surface area contributed by atoms with Crippen LogP contribution in [0.4, 0.5) is 26.3 Å². The van der Waals surface area contributed by atoms with Crippen molar-refractivity contribution in [1.82, 2.24) is 10.3 Å². The van der Waals surface area contributed by atoms with E-state index in [0.717, 1.165) is 45.4 Å². The molecule has 0 saturated heterocycles. The van der Waals surface area contributed by atoms with Gasteiger partial charge in [0.1, 0.15) is 11.3 Å². The Labute approximate surface area is 217 Å². The number of carbonyl (C=O) groups excluding carboxylic acids is 1. The summed E-state index contributed by atoms with van der Waals surface area (Å²) >= 11 is 0. The summed E-state index contributed by atoms with van der Waals surface area (Å²) in [5.74, 6) is -1.20. The zero-order valence-electron chi connectivity index (χ0n) is 21.0. The number of amides is 1. The first-order valence-electron chi connectivity index (χ1n) is 12.9. The third-order valence-electron chi connectivity index (χ3n) is 7.61. The molecule has 38 heavy (non-hydrogen) atoms. The summed E-state index contributed by atoms with van der Waals surface area (Å²) in [7, 11) is -3.42. The summed E-state index contributed by atoms with van der Waals surface area (Å²) in [5, 5.41) is 1.93. The Morgan fingerprint density at radius 2 is 1.66 bits per heavy atom. The van der Waals surface area contributed by atoms with Crippen molar-refractivity contribution in [3.05, 3.63) is 22.9 Å². The normalized spacial score (nSPS) is 24.8. The van der Waals surface area contributed by atoms with Gasteiger partial charge in [-0.15, -0.1) is 0 Å². The molecule has 0 radical (unpaired) electrons. The fourth-order valence-corrected chi connectivity index (χ4v) is 7.95. The standard InChI is InChI=1S/C25H32F6N2O4S/c1-14-8-20(25(29,30)31)33-23(37-13-24(26,27)28)21(14)22(34)32-11-18-10-17(9-15-2-3-15)6-7-19(18)38(35,36)12-16-4-5-16/h8,15-19H,2-7,9-13H2,1H3,(H,32,34). The lowest BCUT2D eigenvalue weighted by molar-refractivity contribution is -0.155. The number of rotatable bonds is 10. The summed E-state index contributed by atoms with van der Waals surface area (Å²) in [5.41, 5.74) is -2.27. The van der Waals surface area contributed by atoms with E-state index in [1.165, 1.54) is 0 Å². The minimum Gasteiger partial charge on any atom is -0.467 e. The van der Waals surface area contributed by atoms with Crippen LogP contribution in [0.5, 0.6) is 5.88 Å². The molecule has 1 N–H and O–H groups in total. The lowest BCUT2D eigenvalue weighted by Gasteiger charge is -2.36. The average molecular weight is 571 g/mol. The molecule has 3 atom stereocenters. The van der Waals surface area contributed by atoms with Crippen molar-refractivity contribution in [2.45, 2.75) is 75.9 Å². The molecule has 3 fully saturated rings. The summed E-state index contributed by atoms with van der Waals surface area (Å²) in [6.07, 6.45) is -2.91. The van der Waals surface area contributed by atoms with Crippen LogP contribution in [-0.4, -0.2) is 49.6 Å². The van der Waals surface area contributed by atoms with Crippen LogP contribution < -0.4 is 10.1 Å². The fourth-order valence-electron chi connectivity index (χ4n) is 5.43. The van der Waals surface area contributed by atoms with Gasteiger partial charge in [-0.05, 0) is 80.8 Å². The third kappa shape index (κ3) is 7.75. The second-order valence-electron chi connectivity index (χ2n) is 11.0. The van der Waals surface area contributed by atoms with Crippen LogP contribution in [-0.2, 0) is 16.0 Å². The van der Waals surface area contributed by atoms with E-state index in [9.17, 15) is 39.6 Å². The SMILES string of the molecule is Cc1cc(C(F)(F)F)nc(OCC(F)(F)F)c1C(=O)NCC1CC(CC2CC2)CCC1S(=O)(=O)CC1CC1. The van der Waals surface area contributed by atoms with E-state index in [4.69, 9.17) is 0 Å². The number of pyridine rings is 1. The summed E-state index contributed by atoms with van der Waals surface area (Å²) in [4.78, 5) is 16.3. The number of nitrogens with zero attached hydrogens (tertiary/aromatic N) is 1. The number of carbonyl (C=O) groups is 1. The first-order chi connectivity index (χ1) is 17.6. The Hall–Kier alpha value is -2.05. The highest BCUT2D eigenvalue weighted by atomic mass is 32.2. The maximum atomic E-state index is 13.2. The van der Waals surface area contributed by atoms with Gasteiger partial charge >= 0.3 is 12.4 Å². The fraction of sp³-hybridized carbons (Fsp3) is 0.760. The van der Waals surface area contributed by atoms with E-state index >= 15 is 0 Å². The Bertz CT molecular complexity index is 1130. The van der Waals surface area contributed by atoms with Crippen molar-refractivity contribution in [1.29, 1.82) is 0 Å². The number of aryl methyl sites for hydroxylation is 1. The number of hydrogen-bond donors (Lipinski definition) is 1. The molecule has 3 unspecified atom stereocenters. The Kier molecular flexibility index (Phi) is 8.26. The highest BCUT2D eigenvalue weighted by Gasteiger charge is 2.42. The lowest BCUT2D eigenvalue weighted by atomic mass is 9.78. The number of ether oxygens (including phenoxy) is 1. The zero-order chi connectivity index (χ0) is 27.9. The number of hydrogen-bond acceptors (Lipinski definition) is 5. The Morgan fingerprint density at radius 1 is 1.03 bits per heavy atom. The average Bonchev–Trinajstić information content (AvgIpc) is 3.72. The molecule has 0 bridgehead atoms. The van der Waals surface area contributed by atoms with E-state index in [0.29, 0.717) is 30.7 Å². The monoisotopic (exact) mass is 570 g/mol. The number of halogens is 6. The van der Waals surface area contributed by atoms with Gasteiger partial charge in [0.25, 0.3) is 5.91 Å². The van der Waals surface area contributed by atoms with Crippen LogP contribution in [0.15, 0.2) is 6.07 Å². The largest absolute Gasteiger partial charge is 0.467 e. The molecule has 13 heteroatoms. The van der Waals surface area contributed by atoms with E-state index in [1.807, 2.05) is 0 Å². The van der Waals surface area contributed by atoms with E-state index in [1.54, 1.807) is 0 Å². The molecule has 1 heterocycles. The van der Waals surface area contributed by atoms with Crippen LogP contribution >= 0.6 is 0 Å². The van der Waals surface area contributed by atoms with Gasteiger partial charge in [-0.2, -0.15) is 26.3 Å². The Morgan fingerprint density at radius 3 is 2.24 bits per heavy atom. The molecule has 1 aromatic rings. The topological polar surface area (TPSA) is 85.4 Å².